The number of unbranched alkanes of at least 4 members (excludes halogenated alkanes) is 1. The Labute approximate surface area is 101 Å². The topological polar surface area (TPSA) is 122 Å². The van der Waals surface area contributed by atoms with Gasteiger partial charge in [0.15, 0.2) is 0 Å². The molecule has 0 aromatic heterocycles. The zero-order valence-electron chi connectivity index (χ0n) is 9.87. The van der Waals surface area contributed by atoms with Gasteiger partial charge in [0.1, 0.15) is 0 Å². The van der Waals surface area contributed by atoms with E-state index in [1.807, 2.05) is 13.8 Å². The first-order valence-electron chi connectivity index (χ1n) is 5.39. The lowest BCUT2D eigenvalue weighted by atomic mass is 10.0. The van der Waals surface area contributed by atoms with Crippen molar-refractivity contribution in [3.8, 4) is 0 Å². The van der Waals surface area contributed by atoms with Crippen molar-refractivity contribution >= 4 is 15.6 Å². The van der Waals surface area contributed by atoms with Crippen molar-refractivity contribution < 1.29 is 32.6 Å². The van der Waals surface area contributed by atoms with E-state index in [9.17, 15) is 23.8 Å². The van der Waals surface area contributed by atoms with Crippen LogP contribution in [0.1, 0.15) is 39.5 Å². The molecule has 17 heavy (non-hydrogen) atoms. The van der Waals surface area contributed by atoms with Crippen LogP contribution in [0.2, 0.25) is 0 Å². The van der Waals surface area contributed by atoms with Gasteiger partial charge in [-0.15, -0.1) is 0 Å². The predicted octanol–water partition coefficient (Wildman–Crippen LogP) is 0.533. The largest absolute Gasteiger partial charge is 0.790 e. The lowest BCUT2D eigenvalue weighted by Crippen LogP contribution is -2.20. The second-order valence-electron chi connectivity index (χ2n) is 3.69. The number of phosphoric acid groups is 2. The molecule has 0 aromatic rings. The van der Waals surface area contributed by atoms with E-state index in [4.69, 9.17) is 0 Å². The first-order chi connectivity index (χ1) is 7.70. The van der Waals surface area contributed by atoms with Gasteiger partial charge in [0.25, 0.3) is 7.82 Å². The van der Waals surface area contributed by atoms with Crippen molar-refractivity contribution in [3.05, 3.63) is 0 Å². The van der Waals surface area contributed by atoms with Crippen LogP contribution in [0.15, 0.2) is 0 Å². The summed E-state index contributed by atoms with van der Waals surface area (Å²) in [5, 5.41) is 0. The maximum Gasteiger partial charge on any atom is 0.271 e. The van der Waals surface area contributed by atoms with Crippen LogP contribution in [-0.2, 0) is 18.0 Å². The van der Waals surface area contributed by atoms with Crippen molar-refractivity contribution in [1.82, 2.24) is 0 Å². The zero-order chi connectivity index (χ0) is 13.5. The third-order valence-corrected chi connectivity index (χ3v) is 4.28. The molecule has 0 aliphatic heterocycles. The van der Waals surface area contributed by atoms with Gasteiger partial charge in [-0.05, 0) is 12.3 Å². The minimum atomic E-state index is -5.58. The van der Waals surface area contributed by atoms with Gasteiger partial charge in [0, 0.05) is 0 Å². The molecule has 104 valence electrons. The Hall–Kier alpha value is 0.260. The van der Waals surface area contributed by atoms with E-state index in [1.54, 1.807) is 0 Å². The summed E-state index contributed by atoms with van der Waals surface area (Å²) in [4.78, 5) is 31.2. The molecule has 2 atom stereocenters. The average Bonchev–Trinajstić information content (AvgIpc) is 2.14. The molecule has 0 aromatic carbocycles. The minimum absolute atomic E-state index is 0.00138. The van der Waals surface area contributed by atoms with Crippen LogP contribution in [0.4, 0.5) is 0 Å². The van der Waals surface area contributed by atoms with Gasteiger partial charge in [-0.2, -0.15) is 0 Å². The highest BCUT2D eigenvalue weighted by Crippen LogP contribution is 2.50. The summed E-state index contributed by atoms with van der Waals surface area (Å²) < 4.78 is 28.8. The van der Waals surface area contributed by atoms with Gasteiger partial charge in [0.2, 0.25) is 0 Å². The highest BCUT2D eigenvalue weighted by molar-refractivity contribution is 7.58. The van der Waals surface area contributed by atoms with Crippen molar-refractivity contribution in [2.75, 3.05) is 6.61 Å². The summed E-state index contributed by atoms with van der Waals surface area (Å²) in [7, 11) is -10.6. The monoisotopic (exact) mass is 287 g/mol. The third kappa shape index (κ3) is 9.92. The summed E-state index contributed by atoms with van der Waals surface area (Å²) in [6, 6.07) is 0. The third-order valence-electron chi connectivity index (χ3n) is 2.21. The van der Waals surface area contributed by atoms with Crippen molar-refractivity contribution in [3.63, 3.8) is 0 Å². The summed E-state index contributed by atoms with van der Waals surface area (Å²) >= 11 is 0. The maximum absolute atomic E-state index is 11.0. The summed E-state index contributed by atoms with van der Waals surface area (Å²) in [6.45, 7) is 3.70. The molecular formula is C8H17O7P2-3. The molecular weight excluding hydrogens is 270 g/mol. The Morgan fingerprint density at radius 3 is 2.18 bits per heavy atom. The van der Waals surface area contributed by atoms with Gasteiger partial charge in [-0.1, -0.05) is 33.1 Å². The fourth-order valence-electron chi connectivity index (χ4n) is 1.24. The molecule has 0 fully saturated rings. The Morgan fingerprint density at radius 1 is 1.18 bits per heavy atom. The second kappa shape index (κ2) is 7.64. The van der Waals surface area contributed by atoms with Crippen LogP contribution < -0.4 is 14.7 Å². The molecule has 0 amide bonds. The van der Waals surface area contributed by atoms with Crippen molar-refractivity contribution in [1.29, 1.82) is 0 Å². The first kappa shape index (κ1) is 17.3. The number of phosphoric ester groups is 1. The fraction of sp³-hybridized carbons (Fsp3) is 1.00. The molecule has 0 saturated heterocycles. The second-order valence-corrected chi connectivity index (χ2v) is 6.39. The van der Waals surface area contributed by atoms with Crippen LogP contribution in [0.3, 0.4) is 0 Å². The predicted molar refractivity (Wildman–Crippen MR) is 55.6 cm³/mol. The molecule has 0 saturated carbocycles. The Kier molecular flexibility index (Phi) is 7.76. The molecule has 0 heterocycles. The van der Waals surface area contributed by atoms with E-state index < -0.39 is 15.6 Å². The molecule has 0 aliphatic rings. The van der Waals surface area contributed by atoms with E-state index >= 15 is 0 Å². The molecule has 7 nitrogen and oxygen atoms in total. The SMILES string of the molecule is CCCCC(CC)COP(=O)([O-])OP(=O)([O-])[O-]. The molecule has 0 rings (SSSR count). The van der Waals surface area contributed by atoms with E-state index in [1.165, 1.54) is 0 Å². The molecule has 9 heteroatoms. The van der Waals surface area contributed by atoms with Crippen LogP contribution in [0, 0.1) is 5.92 Å². The average molecular weight is 287 g/mol. The molecule has 2 unspecified atom stereocenters. The normalized spacial score (nSPS) is 17.7. The Morgan fingerprint density at radius 2 is 1.76 bits per heavy atom. The number of rotatable bonds is 9. The maximum atomic E-state index is 11.0. The number of hydrogen-bond donors (Lipinski definition) is 0. The van der Waals surface area contributed by atoms with Crippen molar-refractivity contribution in [2.45, 2.75) is 39.5 Å². The zero-order valence-corrected chi connectivity index (χ0v) is 11.7. The van der Waals surface area contributed by atoms with E-state index in [-0.39, 0.29) is 12.5 Å². The van der Waals surface area contributed by atoms with Crippen LogP contribution >= 0.6 is 15.6 Å². The fourth-order valence-corrected chi connectivity index (χ4v) is 2.80. The van der Waals surface area contributed by atoms with Gasteiger partial charge in [-0.3, -0.25) is 8.88 Å². The minimum Gasteiger partial charge on any atom is -0.790 e. The van der Waals surface area contributed by atoms with Gasteiger partial charge < -0.3 is 23.8 Å². The molecule has 0 bridgehead atoms. The summed E-state index contributed by atoms with van der Waals surface area (Å²) in [5.74, 6) is -0.00138. The Bertz CT molecular complexity index is 300. The summed E-state index contributed by atoms with van der Waals surface area (Å²) in [6.07, 6.45) is 3.37. The van der Waals surface area contributed by atoms with Crippen LogP contribution in [0.5, 0.6) is 0 Å². The van der Waals surface area contributed by atoms with Gasteiger partial charge >= 0.3 is 0 Å². The van der Waals surface area contributed by atoms with Crippen molar-refractivity contribution in [2.24, 2.45) is 5.92 Å². The Balaban J connectivity index is 4.14. The van der Waals surface area contributed by atoms with E-state index in [0.29, 0.717) is 6.42 Å². The summed E-state index contributed by atoms with van der Waals surface area (Å²) in [5.41, 5.74) is 0. The highest BCUT2D eigenvalue weighted by atomic mass is 31.3. The van der Waals surface area contributed by atoms with E-state index in [0.717, 1.165) is 19.3 Å². The molecule has 0 spiro atoms. The quantitative estimate of drug-likeness (QED) is 0.567. The smallest absolute Gasteiger partial charge is 0.271 e. The molecule has 0 N–H and O–H groups in total. The first-order valence-corrected chi connectivity index (χ1v) is 8.31. The van der Waals surface area contributed by atoms with E-state index in [2.05, 4.69) is 8.83 Å². The standard InChI is InChI=1S/C8H20O7P2/c1-3-5-6-8(4-2)7-14-17(12,13)15-16(9,10)11/h8H,3-7H2,1-2H3,(H,12,13)(H2,9,10,11)/p-3. The number of hydrogen-bond acceptors (Lipinski definition) is 7. The van der Waals surface area contributed by atoms with Crippen LogP contribution in [0.25, 0.3) is 0 Å². The molecule has 0 aliphatic carbocycles. The van der Waals surface area contributed by atoms with Gasteiger partial charge in [0.05, 0.1) is 14.4 Å². The van der Waals surface area contributed by atoms with Crippen LogP contribution in [-0.4, -0.2) is 6.61 Å². The van der Waals surface area contributed by atoms with Gasteiger partial charge in [-0.25, -0.2) is 0 Å². The lowest BCUT2D eigenvalue weighted by Gasteiger charge is -2.35. The molecule has 0 radical (unpaired) electrons. The highest BCUT2D eigenvalue weighted by Gasteiger charge is 2.15. The lowest BCUT2D eigenvalue weighted by molar-refractivity contribution is -0.339.